The number of carbonyl (C=O) groups is 1. The molecule has 4 heteroatoms. The van der Waals surface area contributed by atoms with Crippen molar-refractivity contribution in [3.05, 3.63) is 51.5 Å². The first-order valence-electron chi connectivity index (χ1n) is 6.80. The molecule has 1 heterocycles. The lowest BCUT2D eigenvalue weighted by Crippen LogP contribution is -2.25. The Bertz CT molecular complexity index is 574. The van der Waals surface area contributed by atoms with Crippen LogP contribution >= 0.6 is 11.3 Å². The van der Waals surface area contributed by atoms with Gasteiger partial charge in [-0.05, 0) is 26.0 Å². The van der Waals surface area contributed by atoms with E-state index < -0.39 is 0 Å². The van der Waals surface area contributed by atoms with E-state index in [2.05, 4.69) is 11.9 Å². The third kappa shape index (κ3) is 3.99. The van der Waals surface area contributed by atoms with E-state index in [4.69, 9.17) is 0 Å². The number of aryl methyl sites for hydroxylation is 2. The smallest absolute Gasteiger partial charge is 0.176 e. The van der Waals surface area contributed by atoms with Crippen LogP contribution in [0.15, 0.2) is 29.6 Å². The van der Waals surface area contributed by atoms with Crippen molar-refractivity contribution in [1.82, 2.24) is 9.88 Å². The summed E-state index contributed by atoms with van der Waals surface area (Å²) in [7, 11) is 1.95. The summed E-state index contributed by atoms with van der Waals surface area (Å²) in [6.45, 7) is 5.24. The summed E-state index contributed by atoms with van der Waals surface area (Å²) < 4.78 is 0. The van der Waals surface area contributed by atoms with Gasteiger partial charge in [-0.2, -0.15) is 0 Å². The molecule has 106 valence electrons. The van der Waals surface area contributed by atoms with Crippen molar-refractivity contribution in [2.45, 2.75) is 26.8 Å². The maximum absolute atomic E-state index is 12.2. The quantitative estimate of drug-likeness (QED) is 0.764. The standard InChI is InChI=1S/C16H20N2OS/c1-4-13-5-7-14(8-6-13)16(19)10-18(3)9-15-11-20-12(2)17-15/h5-8,11H,4,9-10H2,1-3H3. The van der Waals surface area contributed by atoms with Crippen molar-refractivity contribution in [2.24, 2.45) is 0 Å². The maximum Gasteiger partial charge on any atom is 0.176 e. The zero-order chi connectivity index (χ0) is 14.5. The van der Waals surface area contributed by atoms with Crippen molar-refractivity contribution >= 4 is 17.1 Å². The number of nitrogens with zero attached hydrogens (tertiary/aromatic N) is 2. The zero-order valence-electron chi connectivity index (χ0n) is 12.2. The lowest BCUT2D eigenvalue weighted by Gasteiger charge is -2.14. The van der Waals surface area contributed by atoms with E-state index in [1.165, 1.54) is 5.56 Å². The first-order chi connectivity index (χ1) is 9.58. The molecule has 1 aromatic heterocycles. The highest BCUT2D eigenvalue weighted by molar-refractivity contribution is 7.09. The molecular formula is C16H20N2OS. The van der Waals surface area contributed by atoms with Gasteiger partial charge >= 0.3 is 0 Å². The predicted molar refractivity (Wildman–Crippen MR) is 83.3 cm³/mol. The van der Waals surface area contributed by atoms with E-state index in [0.29, 0.717) is 13.1 Å². The Labute approximate surface area is 124 Å². The number of thiazole rings is 1. The van der Waals surface area contributed by atoms with Crippen LogP contribution in [0.25, 0.3) is 0 Å². The second kappa shape index (κ2) is 6.77. The fourth-order valence-corrected chi connectivity index (χ4v) is 2.68. The molecule has 0 atom stereocenters. The molecule has 0 amide bonds. The van der Waals surface area contributed by atoms with Gasteiger partial charge in [-0.15, -0.1) is 11.3 Å². The molecule has 2 aromatic rings. The molecule has 0 aliphatic carbocycles. The topological polar surface area (TPSA) is 33.2 Å². The first kappa shape index (κ1) is 14.9. The highest BCUT2D eigenvalue weighted by atomic mass is 32.1. The Kier molecular flexibility index (Phi) is 5.04. The largest absolute Gasteiger partial charge is 0.293 e. The number of likely N-dealkylation sites (N-methyl/N-ethyl adjacent to an activating group) is 1. The van der Waals surface area contributed by atoms with Gasteiger partial charge < -0.3 is 0 Å². The van der Waals surface area contributed by atoms with Crippen molar-refractivity contribution in [3.63, 3.8) is 0 Å². The van der Waals surface area contributed by atoms with Crippen LogP contribution in [0.3, 0.4) is 0 Å². The Hall–Kier alpha value is -1.52. The summed E-state index contributed by atoms with van der Waals surface area (Å²) >= 11 is 1.64. The van der Waals surface area contributed by atoms with Gasteiger partial charge in [-0.1, -0.05) is 31.2 Å². The summed E-state index contributed by atoms with van der Waals surface area (Å²) in [6.07, 6.45) is 0.998. The van der Waals surface area contributed by atoms with Crippen LogP contribution in [0, 0.1) is 6.92 Å². The van der Waals surface area contributed by atoms with Gasteiger partial charge in [-0.3, -0.25) is 9.69 Å². The molecule has 0 saturated heterocycles. The number of benzene rings is 1. The van der Waals surface area contributed by atoms with Gasteiger partial charge in [0, 0.05) is 17.5 Å². The molecule has 3 nitrogen and oxygen atoms in total. The Morgan fingerprint density at radius 3 is 2.55 bits per heavy atom. The number of Topliss-reactive ketones (excluding diaryl/α,β-unsaturated/α-hetero) is 1. The van der Waals surface area contributed by atoms with E-state index in [0.717, 1.165) is 22.7 Å². The van der Waals surface area contributed by atoms with Crippen LogP contribution in [0.4, 0.5) is 0 Å². The third-order valence-electron chi connectivity index (χ3n) is 3.20. The molecule has 2 rings (SSSR count). The summed E-state index contributed by atoms with van der Waals surface area (Å²) in [5.74, 6) is 0.155. The number of aromatic nitrogens is 1. The van der Waals surface area contributed by atoms with Crippen LogP contribution in [0.2, 0.25) is 0 Å². The van der Waals surface area contributed by atoms with Gasteiger partial charge in [-0.25, -0.2) is 4.98 Å². The molecule has 0 fully saturated rings. The molecule has 0 radical (unpaired) electrons. The molecule has 0 aliphatic heterocycles. The van der Waals surface area contributed by atoms with E-state index in [-0.39, 0.29) is 5.78 Å². The molecule has 0 spiro atoms. The summed E-state index contributed by atoms with van der Waals surface area (Å²) in [5.41, 5.74) is 3.07. The maximum atomic E-state index is 12.2. The monoisotopic (exact) mass is 288 g/mol. The fraction of sp³-hybridized carbons (Fsp3) is 0.375. The second-order valence-electron chi connectivity index (χ2n) is 5.00. The minimum atomic E-state index is 0.155. The zero-order valence-corrected chi connectivity index (χ0v) is 13.0. The van der Waals surface area contributed by atoms with Crippen molar-refractivity contribution in [3.8, 4) is 0 Å². The highest BCUT2D eigenvalue weighted by Gasteiger charge is 2.10. The van der Waals surface area contributed by atoms with Crippen LogP contribution in [0.1, 0.15) is 33.5 Å². The summed E-state index contributed by atoms with van der Waals surface area (Å²) in [5, 5.41) is 3.11. The number of hydrogen-bond acceptors (Lipinski definition) is 4. The lowest BCUT2D eigenvalue weighted by molar-refractivity contribution is 0.0942. The average molecular weight is 288 g/mol. The van der Waals surface area contributed by atoms with E-state index in [9.17, 15) is 4.79 Å². The fourth-order valence-electron chi connectivity index (χ4n) is 2.08. The third-order valence-corrected chi connectivity index (χ3v) is 4.02. The number of hydrogen-bond donors (Lipinski definition) is 0. The van der Waals surface area contributed by atoms with Crippen molar-refractivity contribution in [2.75, 3.05) is 13.6 Å². The van der Waals surface area contributed by atoms with Crippen molar-refractivity contribution < 1.29 is 4.79 Å². The molecule has 1 aromatic carbocycles. The van der Waals surface area contributed by atoms with E-state index in [1.807, 2.05) is 48.5 Å². The van der Waals surface area contributed by atoms with Gasteiger partial charge in [0.1, 0.15) is 0 Å². The van der Waals surface area contributed by atoms with Crippen LogP contribution < -0.4 is 0 Å². The number of carbonyl (C=O) groups excluding carboxylic acids is 1. The van der Waals surface area contributed by atoms with Gasteiger partial charge in [0.05, 0.1) is 17.2 Å². The number of ketones is 1. The first-order valence-corrected chi connectivity index (χ1v) is 7.68. The Morgan fingerprint density at radius 2 is 2.00 bits per heavy atom. The Morgan fingerprint density at radius 1 is 1.30 bits per heavy atom. The molecule has 0 saturated carbocycles. The van der Waals surface area contributed by atoms with Crippen LogP contribution in [0.5, 0.6) is 0 Å². The summed E-state index contributed by atoms with van der Waals surface area (Å²) in [4.78, 5) is 18.6. The van der Waals surface area contributed by atoms with Gasteiger partial charge in [0.2, 0.25) is 0 Å². The minimum absolute atomic E-state index is 0.155. The van der Waals surface area contributed by atoms with E-state index in [1.54, 1.807) is 11.3 Å². The molecule has 0 unspecified atom stereocenters. The lowest BCUT2D eigenvalue weighted by atomic mass is 10.1. The van der Waals surface area contributed by atoms with Crippen LogP contribution in [-0.2, 0) is 13.0 Å². The molecule has 0 N–H and O–H groups in total. The Balaban J connectivity index is 1.92. The molecule has 0 aliphatic rings. The van der Waals surface area contributed by atoms with Gasteiger partial charge in [0.25, 0.3) is 0 Å². The molecule has 20 heavy (non-hydrogen) atoms. The second-order valence-corrected chi connectivity index (χ2v) is 6.07. The van der Waals surface area contributed by atoms with Crippen LogP contribution in [-0.4, -0.2) is 29.3 Å². The van der Waals surface area contributed by atoms with E-state index >= 15 is 0 Å². The SMILES string of the molecule is CCc1ccc(C(=O)CN(C)Cc2csc(C)n2)cc1. The highest BCUT2D eigenvalue weighted by Crippen LogP contribution is 2.11. The molecule has 0 bridgehead atoms. The average Bonchev–Trinajstić information content (AvgIpc) is 2.84. The van der Waals surface area contributed by atoms with Gasteiger partial charge in [0.15, 0.2) is 5.78 Å². The number of rotatable bonds is 6. The predicted octanol–water partition coefficient (Wildman–Crippen LogP) is 3.33. The minimum Gasteiger partial charge on any atom is -0.293 e. The summed E-state index contributed by atoms with van der Waals surface area (Å²) in [6, 6.07) is 7.89. The van der Waals surface area contributed by atoms with Crippen molar-refractivity contribution in [1.29, 1.82) is 0 Å². The normalized spacial score (nSPS) is 11.0. The molecular weight excluding hydrogens is 268 g/mol.